The zero-order valence-electron chi connectivity index (χ0n) is 10.1. The predicted molar refractivity (Wildman–Crippen MR) is 61.1 cm³/mol. The van der Waals surface area contributed by atoms with Gasteiger partial charge in [0.25, 0.3) is 5.91 Å². The second-order valence-electron chi connectivity index (χ2n) is 3.61. The molecule has 0 fully saturated rings. The zero-order valence-corrected chi connectivity index (χ0v) is 12.9. The van der Waals surface area contributed by atoms with E-state index in [2.05, 4.69) is 16.5 Å². The van der Waals surface area contributed by atoms with Gasteiger partial charge in [0.1, 0.15) is 5.56 Å². The summed E-state index contributed by atoms with van der Waals surface area (Å²) in [5.41, 5.74) is 0.823. The molecule has 0 aliphatic rings. The van der Waals surface area contributed by atoms with Crippen LogP contribution in [0, 0.1) is 18.9 Å². The van der Waals surface area contributed by atoms with Gasteiger partial charge in [-0.1, -0.05) is 5.69 Å². The molecular weight excluding hydrogens is 310 g/mol. The summed E-state index contributed by atoms with van der Waals surface area (Å²) < 4.78 is 14.6. The molecule has 1 aromatic heterocycles. The Kier molecular flexibility index (Phi) is 5.17. The van der Waals surface area contributed by atoms with Crippen molar-refractivity contribution in [2.24, 2.45) is 7.05 Å². The summed E-state index contributed by atoms with van der Waals surface area (Å²) in [6.45, 7) is 1.59. The molecule has 0 saturated carbocycles. The summed E-state index contributed by atoms with van der Waals surface area (Å²) in [4.78, 5) is 11.8. The van der Waals surface area contributed by atoms with Crippen molar-refractivity contribution < 1.29 is 41.9 Å². The van der Waals surface area contributed by atoms with E-state index in [1.165, 1.54) is 7.05 Å². The Morgan fingerprint density at radius 3 is 2.72 bits per heavy atom. The van der Waals surface area contributed by atoms with E-state index in [1.807, 2.05) is 0 Å². The predicted octanol–water partition coefficient (Wildman–Crippen LogP) is 1.92. The molecule has 4 nitrogen and oxygen atoms in total. The third-order valence-corrected chi connectivity index (χ3v) is 2.34. The minimum Gasteiger partial charge on any atom is -0.345 e. The molecule has 0 spiro atoms. The van der Waals surface area contributed by atoms with Gasteiger partial charge in [0.05, 0.1) is 5.69 Å². The van der Waals surface area contributed by atoms with Crippen LogP contribution in [-0.2, 0) is 39.8 Å². The fourth-order valence-electron chi connectivity index (χ4n) is 1.54. The average molecular weight is 321 g/mol. The van der Waals surface area contributed by atoms with E-state index in [1.54, 1.807) is 31.2 Å². The first-order chi connectivity index (χ1) is 8.09. The second kappa shape index (κ2) is 6.20. The van der Waals surface area contributed by atoms with Crippen molar-refractivity contribution in [2.45, 2.75) is 6.92 Å². The van der Waals surface area contributed by atoms with E-state index in [-0.39, 0.29) is 38.3 Å². The molecule has 2 aromatic rings. The van der Waals surface area contributed by atoms with Crippen LogP contribution in [0.25, 0.3) is 0 Å². The molecule has 0 aliphatic carbocycles. The Labute approximate surface area is 129 Å². The largest absolute Gasteiger partial charge is 0.345 e. The SMILES string of the molecule is Cc1nn(C)c(F)c1C(=O)Nc1[c-]cccc1.[Y]. The van der Waals surface area contributed by atoms with Crippen LogP contribution in [0.15, 0.2) is 24.3 Å². The second-order valence-corrected chi connectivity index (χ2v) is 3.61. The van der Waals surface area contributed by atoms with Crippen molar-refractivity contribution in [1.29, 1.82) is 0 Å². The molecule has 91 valence electrons. The number of aromatic nitrogens is 2. The summed E-state index contributed by atoms with van der Waals surface area (Å²) in [6, 6.07) is 9.73. The summed E-state index contributed by atoms with van der Waals surface area (Å²) in [7, 11) is 1.45. The Morgan fingerprint density at radius 1 is 1.50 bits per heavy atom. The Bertz CT molecular complexity index is 554. The monoisotopic (exact) mass is 321 g/mol. The first-order valence-corrected chi connectivity index (χ1v) is 5.06. The molecule has 0 aliphatic heterocycles. The molecule has 18 heavy (non-hydrogen) atoms. The number of nitrogens with one attached hydrogen (secondary N) is 1. The van der Waals surface area contributed by atoms with Gasteiger partial charge in [-0.3, -0.25) is 4.79 Å². The average Bonchev–Trinajstić information content (AvgIpc) is 2.54. The van der Waals surface area contributed by atoms with Crippen LogP contribution in [-0.4, -0.2) is 15.7 Å². The quantitative estimate of drug-likeness (QED) is 0.859. The number of hydrogen-bond donors (Lipinski definition) is 1. The van der Waals surface area contributed by atoms with Crippen molar-refractivity contribution in [3.05, 3.63) is 47.5 Å². The minimum absolute atomic E-state index is 0. The van der Waals surface area contributed by atoms with Crippen LogP contribution in [0.3, 0.4) is 0 Å². The van der Waals surface area contributed by atoms with Crippen molar-refractivity contribution in [2.75, 3.05) is 5.32 Å². The molecule has 1 amide bonds. The van der Waals surface area contributed by atoms with Crippen LogP contribution in [0.5, 0.6) is 0 Å². The maximum atomic E-state index is 13.6. The molecule has 0 saturated heterocycles. The van der Waals surface area contributed by atoms with Gasteiger partial charge in [0, 0.05) is 39.8 Å². The number of aryl methyl sites for hydroxylation is 2. The Morgan fingerprint density at radius 2 is 2.22 bits per heavy atom. The first-order valence-electron chi connectivity index (χ1n) is 5.06. The van der Waals surface area contributed by atoms with Crippen molar-refractivity contribution in [3.8, 4) is 0 Å². The van der Waals surface area contributed by atoms with Crippen molar-refractivity contribution >= 4 is 11.6 Å². The summed E-state index contributed by atoms with van der Waals surface area (Å²) >= 11 is 0. The Balaban J connectivity index is 0.00000162. The number of nitrogens with zero attached hydrogens (tertiary/aromatic N) is 2. The topological polar surface area (TPSA) is 46.9 Å². The first kappa shape index (κ1) is 15.0. The van der Waals surface area contributed by atoms with E-state index < -0.39 is 11.9 Å². The summed E-state index contributed by atoms with van der Waals surface area (Å²) in [5.74, 6) is -1.16. The molecule has 0 unspecified atom stereocenters. The number of halogens is 1. The zero-order chi connectivity index (χ0) is 12.4. The number of carbonyl (C=O) groups is 1. The molecule has 0 atom stereocenters. The number of rotatable bonds is 2. The minimum atomic E-state index is -0.643. The number of para-hydroxylation sites is 1. The van der Waals surface area contributed by atoms with Crippen molar-refractivity contribution in [1.82, 2.24) is 9.78 Å². The number of hydrogen-bond acceptors (Lipinski definition) is 2. The molecule has 1 aromatic carbocycles. The molecule has 6 heteroatoms. The molecule has 1 N–H and O–H groups in total. The van der Waals surface area contributed by atoms with Gasteiger partial charge in [-0.15, -0.1) is 6.07 Å². The van der Waals surface area contributed by atoms with Crippen molar-refractivity contribution in [3.63, 3.8) is 0 Å². The smallest absolute Gasteiger partial charge is 0.260 e. The van der Waals surface area contributed by atoms with Crippen LogP contribution in [0.4, 0.5) is 10.1 Å². The van der Waals surface area contributed by atoms with E-state index in [0.717, 1.165) is 4.68 Å². The van der Waals surface area contributed by atoms with Crippen LogP contribution < -0.4 is 5.32 Å². The third kappa shape index (κ3) is 3.03. The van der Waals surface area contributed by atoms with Gasteiger partial charge in [0.15, 0.2) is 0 Å². The van der Waals surface area contributed by atoms with Gasteiger partial charge >= 0.3 is 0 Å². The van der Waals surface area contributed by atoms with Gasteiger partial charge in [-0.2, -0.15) is 33.8 Å². The summed E-state index contributed by atoms with van der Waals surface area (Å²) in [6.07, 6.45) is 0. The van der Waals surface area contributed by atoms with Gasteiger partial charge < -0.3 is 5.32 Å². The number of carbonyl (C=O) groups excluding carboxylic acids is 1. The van der Waals surface area contributed by atoms with Gasteiger partial charge in [-0.05, 0) is 6.92 Å². The van der Waals surface area contributed by atoms with E-state index in [0.29, 0.717) is 11.4 Å². The maximum absolute atomic E-state index is 13.6. The van der Waals surface area contributed by atoms with Gasteiger partial charge in [0.2, 0.25) is 5.95 Å². The third-order valence-electron chi connectivity index (χ3n) is 2.34. The molecule has 0 bridgehead atoms. The van der Waals surface area contributed by atoms with E-state index >= 15 is 0 Å². The fraction of sp³-hybridized carbons (Fsp3) is 0.167. The number of benzene rings is 1. The normalized spacial score (nSPS) is 9.72. The fourth-order valence-corrected chi connectivity index (χ4v) is 1.54. The number of anilines is 1. The number of amides is 1. The van der Waals surface area contributed by atoms with E-state index in [4.69, 9.17) is 0 Å². The summed E-state index contributed by atoms with van der Waals surface area (Å²) in [5, 5.41) is 6.41. The molecule has 1 heterocycles. The van der Waals surface area contributed by atoms with Crippen LogP contribution in [0.2, 0.25) is 0 Å². The Hall–Kier alpha value is -1.07. The standard InChI is InChI=1S/C12H11FN3O.Y/c1-8-10(11(13)16(2)15-8)12(17)14-9-6-4-3-5-7-9;/h3-6H,1-2H3,(H,14,17);/q-1;. The molecule has 2 rings (SSSR count). The maximum Gasteiger partial charge on any atom is 0.260 e. The molecule has 1 radical (unpaired) electrons. The van der Waals surface area contributed by atoms with Gasteiger partial charge in [-0.25, -0.2) is 4.68 Å². The van der Waals surface area contributed by atoms with Crippen LogP contribution in [0.1, 0.15) is 16.1 Å². The molecular formula is C12H11FN3OY-. The van der Waals surface area contributed by atoms with Crippen LogP contribution >= 0.6 is 0 Å². The van der Waals surface area contributed by atoms with E-state index in [9.17, 15) is 9.18 Å².